The first-order valence-corrected chi connectivity index (χ1v) is 7.34. The maximum atomic E-state index is 12.5. The van der Waals surface area contributed by atoms with E-state index in [-0.39, 0.29) is 11.4 Å². The van der Waals surface area contributed by atoms with E-state index in [9.17, 15) is 4.79 Å². The van der Waals surface area contributed by atoms with E-state index in [4.69, 9.17) is 11.6 Å². The molecule has 98 valence electrons. The van der Waals surface area contributed by atoms with Gasteiger partial charge in [0.15, 0.2) is 0 Å². The first kappa shape index (κ1) is 14.1. The van der Waals surface area contributed by atoms with Crippen LogP contribution in [-0.4, -0.2) is 36.0 Å². The summed E-state index contributed by atoms with van der Waals surface area (Å²) >= 11 is 8.14. The number of carbonyl (C=O) groups excluding carboxylic acids is 1. The predicted molar refractivity (Wildman–Crippen MR) is 82.2 cm³/mol. The minimum Gasteiger partial charge on any atom is -0.336 e. The quantitative estimate of drug-likeness (QED) is 0.762. The molecule has 1 amide bonds. The zero-order valence-electron chi connectivity index (χ0n) is 10.5. The number of amides is 1. The number of halogens is 2. The summed E-state index contributed by atoms with van der Waals surface area (Å²) in [4.78, 5) is 14.4. The van der Waals surface area contributed by atoms with Crippen molar-refractivity contribution in [1.82, 2.24) is 10.2 Å². The highest BCUT2D eigenvalue weighted by Gasteiger charge is 2.29. The van der Waals surface area contributed by atoms with Gasteiger partial charge in [0.25, 0.3) is 5.91 Å². The van der Waals surface area contributed by atoms with Crippen molar-refractivity contribution < 1.29 is 4.79 Å². The predicted octanol–water partition coefficient (Wildman–Crippen LogP) is 2.77. The number of nitrogens with zero attached hydrogens (tertiary/aromatic N) is 1. The molecule has 18 heavy (non-hydrogen) atoms. The Labute approximate surface area is 126 Å². The molecule has 0 aliphatic carbocycles. The molecule has 1 heterocycles. The van der Waals surface area contributed by atoms with Crippen molar-refractivity contribution in [2.75, 3.05) is 19.6 Å². The summed E-state index contributed by atoms with van der Waals surface area (Å²) < 4.78 is 0.943. The number of nitrogens with one attached hydrogen (secondary N) is 1. The number of rotatable bonds is 1. The smallest absolute Gasteiger partial charge is 0.255 e. The molecule has 0 spiro atoms. The molecule has 0 saturated carbocycles. The van der Waals surface area contributed by atoms with Gasteiger partial charge >= 0.3 is 0 Å². The molecule has 1 fully saturated rings. The van der Waals surface area contributed by atoms with E-state index >= 15 is 0 Å². The molecule has 0 radical (unpaired) electrons. The lowest BCUT2D eigenvalue weighted by molar-refractivity contribution is 0.0651. The molecule has 1 saturated heterocycles. The second kappa shape index (κ2) is 5.35. The Morgan fingerprint density at radius 1 is 1.50 bits per heavy atom. The van der Waals surface area contributed by atoms with Crippen LogP contribution >= 0.6 is 34.2 Å². The summed E-state index contributed by atoms with van der Waals surface area (Å²) in [6.45, 7) is 6.50. The first-order valence-electron chi connectivity index (χ1n) is 5.88. The Morgan fingerprint density at radius 3 is 2.89 bits per heavy atom. The summed E-state index contributed by atoms with van der Waals surface area (Å²) in [7, 11) is 0. The molecule has 0 aromatic heterocycles. The molecular formula is C13H16ClIN2O. The van der Waals surface area contributed by atoms with Crippen LogP contribution in [0.4, 0.5) is 0 Å². The normalized spacial score (nSPS) is 18.8. The molecule has 5 heteroatoms. The third-order valence-electron chi connectivity index (χ3n) is 3.02. The largest absolute Gasteiger partial charge is 0.336 e. The van der Waals surface area contributed by atoms with Gasteiger partial charge in [-0.3, -0.25) is 4.79 Å². The van der Waals surface area contributed by atoms with E-state index in [0.717, 1.165) is 16.7 Å². The number of benzene rings is 1. The van der Waals surface area contributed by atoms with Crippen LogP contribution in [0.2, 0.25) is 5.02 Å². The summed E-state index contributed by atoms with van der Waals surface area (Å²) in [6.07, 6.45) is 0. The Balaban J connectivity index is 2.23. The minimum absolute atomic E-state index is 0.0298. The topological polar surface area (TPSA) is 32.3 Å². The molecule has 1 aromatic carbocycles. The molecule has 1 aromatic rings. The second-order valence-electron chi connectivity index (χ2n) is 5.16. The number of piperazine rings is 1. The lowest BCUT2D eigenvalue weighted by Crippen LogP contribution is -2.58. The lowest BCUT2D eigenvalue weighted by atomic mass is 10.0. The maximum absolute atomic E-state index is 12.5. The molecule has 1 aliphatic heterocycles. The van der Waals surface area contributed by atoms with Crippen LogP contribution in [0.5, 0.6) is 0 Å². The third-order valence-corrected chi connectivity index (χ3v) is 4.19. The van der Waals surface area contributed by atoms with Gasteiger partial charge < -0.3 is 10.2 Å². The fourth-order valence-corrected chi connectivity index (χ4v) is 2.88. The lowest BCUT2D eigenvalue weighted by Gasteiger charge is -2.39. The van der Waals surface area contributed by atoms with Gasteiger partial charge in [-0.15, -0.1) is 0 Å². The SMILES string of the molecule is CC1(C)CN(C(=O)c2cc(Cl)ccc2I)CCN1. The molecule has 0 bridgehead atoms. The average Bonchev–Trinajstić information content (AvgIpc) is 2.30. The van der Waals surface area contributed by atoms with Crippen LogP contribution in [0, 0.1) is 3.57 Å². The highest BCUT2D eigenvalue weighted by molar-refractivity contribution is 14.1. The number of hydrogen-bond acceptors (Lipinski definition) is 2. The van der Waals surface area contributed by atoms with Crippen LogP contribution in [0.3, 0.4) is 0 Å². The van der Waals surface area contributed by atoms with Gasteiger partial charge in [0.1, 0.15) is 0 Å². The van der Waals surface area contributed by atoms with Crippen molar-refractivity contribution >= 4 is 40.1 Å². The Bertz CT molecular complexity index is 476. The standard InChI is InChI=1S/C13H16ClIN2O/c1-13(2)8-17(6-5-16-13)12(18)10-7-9(14)3-4-11(10)15/h3-4,7,16H,5-6,8H2,1-2H3. The van der Waals surface area contributed by atoms with Crippen LogP contribution in [0.1, 0.15) is 24.2 Å². The van der Waals surface area contributed by atoms with Crippen LogP contribution in [-0.2, 0) is 0 Å². The van der Waals surface area contributed by atoms with Crippen LogP contribution in [0.25, 0.3) is 0 Å². The van der Waals surface area contributed by atoms with Gasteiger partial charge in [0, 0.05) is 33.8 Å². The van der Waals surface area contributed by atoms with Crippen molar-refractivity contribution in [1.29, 1.82) is 0 Å². The van der Waals surface area contributed by atoms with E-state index in [1.54, 1.807) is 6.07 Å². The fraction of sp³-hybridized carbons (Fsp3) is 0.462. The molecular weight excluding hydrogens is 363 g/mol. The summed E-state index contributed by atoms with van der Waals surface area (Å²) in [5.41, 5.74) is 0.665. The monoisotopic (exact) mass is 378 g/mol. The maximum Gasteiger partial charge on any atom is 0.255 e. The van der Waals surface area contributed by atoms with Crippen molar-refractivity contribution in [3.8, 4) is 0 Å². The van der Waals surface area contributed by atoms with Gasteiger partial charge in [-0.25, -0.2) is 0 Å². The van der Waals surface area contributed by atoms with E-state index in [1.165, 1.54) is 0 Å². The fourth-order valence-electron chi connectivity index (χ4n) is 2.15. The van der Waals surface area contributed by atoms with Crippen molar-refractivity contribution in [2.45, 2.75) is 19.4 Å². The Kier molecular flexibility index (Phi) is 4.18. The van der Waals surface area contributed by atoms with Gasteiger partial charge in [-0.2, -0.15) is 0 Å². The van der Waals surface area contributed by atoms with Crippen LogP contribution < -0.4 is 5.32 Å². The van der Waals surface area contributed by atoms with Crippen LogP contribution in [0.15, 0.2) is 18.2 Å². The van der Waals surface area contributed by atoms with E-state index in [2.05, 4.69) is 41.8 Å². The van der Waals surface area contributed by atoms with Gasteiger partial charge in [-0.05, 0) is 54.6 Å². The average molecular weight is 379 g/mol. The molecule has 0 unspecified atom stereocenters. The number of carbonyl (C=O) groups is 1. The minimum atomic E-state index is -0.0298. The van der Waals surface area contributed by atoms with E-state index < -0.39 is 0 Å². The van der Waals surface area contributed by atoms with E-state index in [1.807, 2.05) is 17.0 Å². The highest BCUT2D eigenvalue weighted by Crippen LogP contribution is 2.21. The van der Waals surface area contributed by atoms with Crippen molar-refractivity contribution in [3.63, 3.8) is 0 Å². The van der Waals surface area contributed by atoms with Crippen molar-refractivity contribution in [2.24, 2.45) is 0 Å². The molecule has 2 rings (SSSR count). The molecule has 1 aliphatic rings. The third kappa shape index (κ3) is 3.16. The number of hydrogen-bond donors (Lipinski definition) is 1. The van der Waals surface area contributed by atoms with Gasteiger partial charge in [0.2, 0.25) is 0 Å². The van der Waals surface area contributed by atoms with Gasteiger partial charge in [-0.1, -0.05) is 11.6 Å². The zero-order valence-corrected chi connectivity index (χ0v) is 13.4. The molecule has 3 nitrogen and oxygen atoms in total. The van der Waals surface area contributed by atoms with E-state index in [0.29, 0.717) is 17.1 Å². The first-order chi connectivity index (χ1) is 8.39. The summed E-state index contributed by atoms with van der Waals surface area (Å²) in [5, 5.41) is 4.00. The second-order valence-corrected chi connectivity index (χ2v) is 6.76. The molecule has 0 atom stereocenters. The Hall–Kier alpha value is -0.330. The Morgan fingerprint density at radius 2 is 2.22 bits per heavy atom. The highest BCUT2D eigenvalue weighted by atomic mass is 127. The summed E-state index contributed by atoms with van der Waals surface area (Å²) in [6, 6.07) is 5.44. The van der Waals surface area contributed by atoms with Gasteiger partial charge in [0.05, 0.1) is 5.56 Å². The van der Waals surface area contributed by atoms with Crippen molar-refractivity contribution in [3.05, 3.63) is 32.4 Å². The zero-order chi connectivity index (χ0) is 13.3. The summed E-state index contributed by atoms with van der Waals surface area (Å²) in [5.74, 6) is 0.0662. The molecule has 1 N–H and O–H groups in total.